The van der Waals surface area contributed by atoms with Crippen LogP contribution in [0.3, 0.4) is 0 Å². The van der Waals surface area contributed by atoms with Crippen LogP contribution in [0.1, 0.15) is 47.9 Å². The molecule has 0 bridgehead atoms. The molecule has 1 fully saturated rings. The number of carbonyl (C=O) groups excluding carboxylic acids is 2. The van der Waals surface area contributed by atoms with Gasteiger partial charge in [-0.2, -0.15) is 0 Å². The average Bonchev–Trinajstić information content (AvgIpc) is 3.37. The van der Waals surface area contributed by atoms with Crippen molar-refractivity contribution in [3.05, 3.63) is 107 Å². The summed E-state index contributed by atoms with van der Waals surface area (Å²) in [5.74, 6) is -0.597. The fraction of sp³-hybridized carbons (Fsp3) is 0.333. The Kier molecular flexibility index (Phi) is 8.30. The molecule has 182 valence electrons. The Labute approximate surface area is 207 Å². The summed E-state index contributed by atoms with van der Waals surface area (Å²) in [5.41, 5.74) is 3.80. The molecule has 1 N–H and O–H groups in total. The third-order valence-corrected chi connectivity index (χ3v) is 6.84. The zero-order chi connectivity index (χ0) is 24.6. The van der Waals surface area contributed by atoms with Gasteiger partial charge in [-0.3, -0.25) is 9.59 Å². The number of hydrogen-bond donors (Lipinski definition) is 1. The van der Waals surface area contributed by atoms with Gasteiger partial charge < -0.3 is 10.2 Å². The lowest BCUT2D eigenvalue weighted by atomic mass is 10.00. The maximum Gasteiger partial charge on any atom is 0.243 e. The van der Waals surface area contributed by atoms with Gasteiger partial charge in [0.1, 0.15) is 11.9 Å². The zero-order valence-electron chi connectivity index (χ0n) is 20.3. The van der Waals surface area contributed by atoms with Crippen LogP contribution in [0.5, 0.6) is 0 Å². The third-order valence-electron chi connectivity index (χ3n) is 6.84. The van der Waals surface area contributed by atoms with Gasteiger partial charge in [-0.15, -0.1) is 0 Å². The molecule has 3 aromatic rings. The van der Waals surface area contributed by atoms with Crippen molar-refractivity contribution < 1.29 is 14.0 Å². The van der Waals surface area contributed by atoms with E-state index in [0.29, 0.717) is 13.0 Å². The summed E-state index contributed by atoms with van der Waals surface area (Å²) in [6.45, 7) is 2.35. The van der Waals surface area contributed by atoms with Gasteiger partial charge in [0.15, 0.2) is 0 Å². The molecule has 5 heteroatoms. The van der Waals surface area contributed by atoms with E-state index in [9.17, 15) is 14.0 Å². The first-order valence-corrected chi connectivity index (χ1v) is 12.4. The molecule has 0 radical (unpaired) electrons. The number of amides is 2. The lowest BCUT2D eigenvalue weighted by molar-refractivity contribution is -0.141. The SMILES string of the molecule is Cc1ccccc1CN(C(=O)Cc1ccc(F)cc1)C(Cc1ccccc1)C(=O)NC1CCCC1. The van der Waals surface area contributed by atoms with E-state index in [0.717, 1.165) is 47.9 Å². The van der Waals surface area contributed by atoms with E-state index in [2.05, 4.69) is 5.32 Å². The molecule has 0 aromatic heterocycles. The Balaban J connectivity index is 1.66. The first kappa shape index (κ1) is 24.6. The minimum atomic E-state index is -0.648. The smallest absolute Gasteiger partial charge is 0.243 e. The zero-order valence-corrected chi connectivity index (χ0v) is 20.3. The summed E-state index contributed by atoms with van der Waals surface area (Å²) in [6.07, 6.45) is 4.72. The van der Waals surface area contributed by atoms with E-state index >= 15 is 0 Å². The average molecular weight is 473 g/mol. The first-order valence-electron chi connectivity index (χ1n) is 12.4. The number of hydrogen-bond acceptors (Lipinski definition) is 2. The molecule has 1 saturated carbocycles. The van der Waals surface area contributed by atoms with E-state index < -0.39 is 6.04 Å². The van der Waals surface area contributed by atoms with Gasteiger partial charge >= 0.3 is 0 Å². The normalized spacial score (nSPS) is 14.5. The number of aryl methyl sites for hydroxylation is 1. The number of halogens is 1. The molecule has 1 atom stereocenters. The molecule has 1 aliphatic carbocycles. The second kappa shape index (κ2) is 11.8. The molecule has 1 aliphatic rings. The van der Waals surface area contributed by atoms with E-state index in [4.69, 9.17) is 0 Å². The van der Waals surface area contributed by atoms with Crippen LogP contribution in [0.4, 0.5) is 4.39 Å². The monoisotopic (exact) mass is 472 g/mol. The van der Waals surface area contributed by atoms with Gasteiger partial charge in [0, 0.05) is 19.0 Å². The second-order valence-electron chi connectivity index (χ2n) is 9.45. The maximum atomic E-state index is 13.7. The van der Waals surface area contributed by atoms with Crippen molar-refractivity contribution in [3.63, 3.8) is 0 Å². The van der Waals surface area contributed by atoms with Crippen LogP contribution in [0.25, 0.3) is 0 Å². The summed E-state index contributed by atoms with van der Waals surface area (Å²) in [5, 5.41) is 3.22. The third kappa shape index (κ3) is 6.78. The minimum absolute atomic E-state index is 0.105. The van der Waals surface area contributed by atoms with Gasteiger partial charge in [-0.25, -0.2) is 4.39 Å². The van der Waals surface area contributed by atoms with E-state index in [-0.39, 0.29) is 30.1 Å². The van der Waals surface area contributed by atoms with Crippen LogP contribution in [-0.2, 0) is 29.0 Å². The number of nitrogens with zero attached hydrogens (tertiary/aromatic N) is 1. The first-order chi connectivity index (χ1) is 17.0. The van der Waals surface area contributed by atoms with Crippen molar-refractivity contribution in [2.75, 3.05) is 0 Å². The Hall–Kier alpha value is -3.47. The molecule has 4 nitrogen and oxygen atoms in total. The summed E-state index contributed by atoms with van der Waals surface area (Å²) in [6, 6.07) is 23.3. The molecule has 4 rings (SSSR count). The van der Waals surface area contributed by atoms with Crippen LogP contribution in [0.15, 0.2) is 78.9 Å². The number of carbonyl (C=O) groups is 2. The van der Waals surface area contributed by atoms with Crippen molar-refractivity contribution in [2.24, 2.45) is 0 Å². The molecule has 2 amide bonds. The summed E-state index contributed by atoms with van der Waals surface area (Å²) >= 11 is 0. The molecule has 35 heavy (non-hydrogen) atoms. The molecule has 3 aromatic carbocycles. The summed E-state index contributed by atoms with van der Waals surface area (Å²) in [4.78, 5) is 29.1. The van der Waals surface area contributed by atoms with Crippen molar-refractivity contribution in [1.82, 2.24) is 10.2 Å². The van der Waals surface area contributed by atoms with Crippen LogP contribution < -0.4 is 5.32 Å². The second-order valence-corrected chi connectivity index (χ2v) is 9.45. The fourth-order valence-electron chi connectivity index (χ4n) is 4.77. The quantitative estimate of drug-likeness (QED) is 0.455. The largest absolute Gasteiger partial charge is 0.352 e. The van der Waals surface area contributed by atoms with Gasteiger partial charge in [0.25, 0.3) is 0 Å². The van der Waals surface area contributed by atoms with Crippen molar-refractivity contribution >= 4 is 11.8 Å². The highest BCUT2D eigenvalue weighted by atomic mass is 19.1. The van der Waals surface area contributed by atoms with Crippen LogP contribution in [-0.4, -0.2) is 28.8 Å². The standard InChI is InChI=1S/C30H33FN2O2/c1-22-9-5-6-12-25(22)21-33(29(34)20-24-15-17-26(31)18-16-24)28(19-23-10-3-2-4-11-23)30(35)32-27-13-7-8-14-27/h2-6,9-12,15-18,27-28H,7-8,13-14,19-21H2,1H3,(H,32,35). The predicted octanol–water partition coefficient (Wildman–Crippen LogP) is 5.38. The molecule has 0 heterocycles. The molecular formula is C30H33FN2O2. The van der Waals surface area contributed by atoms with E-state index in [1.165, 1.54) is 12.1 Å². The number of nitrogens with one attached hydrogen (secondary N) is 1. The van der Waals surface area contributed by atoms with Gasteiger partial charge in [-0.05, 0) is 54.2 Å². The van der Waals surface area contributed by atoms with E-state index in [1.54, 1.807) is 17.0 Å². The Morgan fingerprint density at radius 1 is 0.914 bits per heavy atom. The molecule has 0 saturated heterocycles. The summed E-state index contributed by atoms with van der Waals surface area (Å²) in [7, 11) is 0. The van der Waals surface area contributed by atoms with Crippen LogP contribution in [0.2, 0.25) is 0 Å². The van der Waals surface area contributed by atoms with E-state index in [1.807, 2.05) is 61.5 Å². The molecule has 1 unspecified atom stereocenters. The minimum Gasteiger partial charge on any atom is -0.352 e. The van der Waals surface area contributed by atoms with Crippen molar-refractivity contribution in [3.8, 4) is 0 Å². The fourth-order valence-corrected chi connectivity index (χ4v) is 4.77. The number of benzene rings is 3. The van der Waals surface area contributed by atoms with Crippen LogP contribution in [0, 0.1) is 12.7 Å². The number of rotatable bonds is 9. The highest BCUT2D eigenvalue weighted by Gasteiger charge is 2.32. The van der Waals surface area contributed by atoms with Crippen molar-refractivity contribution in [2.45, 2.75) is 64.1 Å². The van der Waals surface area contributed by atoms with Gasteiger partial charge in [-0.1, -0.05) is 79.6 Å². The highest BCUT2D eigenvalue weighted by Crippen LogP contribution is 2.21. The molecule has 0 aliphatic heterocycles. The van der Waals surface area contributed by atoms with Gasteiger partial charge in [0.2, 0.25) is 11.8 Å². The van der Waals surface area contributed by atoms with Crippen LogP contribution >= 0.6 is 0 Å². The Bertz CT molecular complexity index is 1120. The lowest BCUT2D eigenvalue weighted by Crippen LogP contribution is -2.52. The van der Waals surface area contributed by atoms with Crippen molar-refractivity contribution in [1.29, 1.82) is 0 Å². The predicted molar refractivity (Wildman–Crippen MR) is 136 cm³/mol. The lowest BCUT2D eigenvalue weighted by Gasteiger charge is -2.33. The Morgan fingerprint density at radius 3 is 2.26 bits per heavy atom. The molecular weight excluding hydrogens is 439 g/mol. The summed E-state index contributed by atoms with van der Waals surface area (Å²) < 4.78 is 13.4. The highest BCUT2D eigenvalue weighted by molar-refractivity contribution is 5.89. The Morgan fingerprint density at radius 2 is 1.57 bits per heavy atom. The maximum absolute atomic E-state index is 13.7. The topological polar surface area (TPSA) is 49.4 Å². The molecule has 0 spiro atoms. The van der Waals surface area contributed by atoms with Gasteiger partial charge in [0.05, 0.1) is 6.42 Å².